The van der Waals surface area contributed by atoms with Crippen molar-refractivity contribution >= 4 is 0 Å². The topological polar surface area (TPSA) is 3.24 Å². The highest BCUT2D eigenvalue weighted by molar-refractivity contribution is 4.70. The van der Waals surface area contributed by atoms with Crippen LogP contribution in [0.25, 0.3) is 0 Å². The van der Waals surface area contributed by atoms with E-state index in [2.05, 4.69) is 0 Å². The van der Waals surface area contributed by atoms with Crippen molar-refractivity contribution in [2.24, 2.45) is 5.92 Å². The highest BCUT2D eigenvalue weighted by atomic mass is 19.3. The lowest BCUT2D eigenvalue weighted by atomic mass is 10.1. The maximum absolute atomic E-state index is 13.1. The van der Waals surface area contributed by atoms with E-state index in [1.807, 2.05) is 0 Å². The van der Waals surface area contributed by atoms with Crippen LogP contribution in [-0.2, 0) is 0 Å². The Hall–Kier alpha value is -0.180. The van der Waals surface area contributed by atoms with Gasteiger partial charge in [-0.25, -0.2) is 4.90 Å². The molecule has 0 fully saturated rings. The van der Waals surface area contributed by atoms with Crippen LogP contribution in [0.3, 0.4) is 0 Å². The second-order valence-corrected chi connectivity index (χ2v) is 2.91. The molecule has 0 atom stereocenters. The van der Waals surface area contributed by atoms with Gasteiger partial charge in [0.25, 0.3) is 0 Å². The molecule has 68 valence electrons. The monoisotopic (exact) mass is 165 g/mol. The third-order valence-electron chi connectivity index (χ3n) is 1.88. The molecule has 0 aromatic heterocycles. The first kappa shape index (κ1) is 10.8. The Labute approximate surface area is 67.4 Å². The molecule has 3 heteroatoms. The quantitative estimate of drug-likeness (QED) is 0.579. The number of alkyl halides is 2. The van der Waals surface area contributed by atoms with Gasteiger partial charge < -0.3 is 0 Å². The molecule has 0 spiro atoms. The lowest BCUT2D eigenvalue weighted by Gasteiger charge is -2.31. The highest BCUT2D eigenvalue weighted by Crippen LogP contribution is 2.27. The van der Waals surface area contributed by atoms with Crippen molar-refractivity contribution in [2.45, 2.75) is 33.7 Å². The Morgan fingerprint density at radius 1 is 1.18 bits per heavy atom. The number of halogens is 2. The SMILES string of the molecule is CCN(CC)C(F)(F)C(C)C. The van der Waals surface area contributed by atoms with Crippen LogP contribution in [0.15, 0.2) is 0 Å². The summed E-state index contributed by atoms with van der Waals surface area (Å²) in [5, 5.41) is 0. The number of hydrogen-bond acceptors (Lipinski definition) is 1. The van der Waals surface area contributed by atoms with Crippen LogP contribution in [-0.4, -0.2) is 24.0 Å². The van der Waals surface area contributed by atoms with Crippen LogP contribution >= 0.6 is 0 Å². The van der Waals surface area contributed by atoms with Crippen LogP contribution < -0.4 is 0 Å². The second-order valence-electron chi connectivity index (χ2n) is 2.91. The van der Waals surface area contributed by atoms with E-state index in [9.17, 15) is 8.78 Å². The average Bonchev–Trinajstić information content (AvgIpc) is 1.89. The van der Waals surface area contributed by atoms with Crippen LogP contribution in [0.2, 0.25) is 0 Å². The molecular formula is C8H17F2N. The van der Waals surface area contributed by atoms with Crippen molar-refractivity contribution in [3.05, 3.63) is 0 Å². The lowest BCUT2D eigenvalue weighted by molar-refractivity contribution is -0.174. The number of rotatable bonds is 4. The first-order valence-corrected chi connectivity index (χ1v) is 4.09. The molecule has 0 amide bonds. The molecule has 0 bridgehead atoms. The maximum atomic E-state index is 13.1. The van der Waals surface area contributed by atoms with E-state index in [0.717, 1.165) is 0 Å². The van der Waals surface area contributed by atoms with E-state index in [1.54, 1.807) is 27.7 Å². The summed E-state index contributed by atoms with van der Waals surface area (Å²) in [5.74, 6) is -0.609. The van der Waals surface area contributed by atoms with E-state index < -0.39 is 12.0 Å². The van der Waals surface area contributed by atoms with Gasteiger partial charge in [-0.3, -0.25) is 0 Å². The van der Waals surface area contributed by atoms with E-state index in [-0.39, 0.29) is 0 Å². The molecule has 0 aliphatic rings. The molecule has 0 saturated heterocycles. The van der Waals surface area contributed by atoms with E-state index in [1.165, 1.54) is 4.90 Å². The summed E-state index contributed by atoms with van der Waals surface area (Å²) < 4.78 is 26.3. The Balaban J connectivity index is 4.24. The summed E-state index contributed by atoms with van der Waals surface area (Å²) >= 11 is 0. The van der Waals surface area contributed by atoms with Gasteiger partial charge >= 0.3 is 6.05 Å². The minimum atomic E-state index is -2.65. The van der Waals surface area contributed by atoms with Gasteiger partial charge in [0, 0.05) is 19.0 Å². The van der Waals surface area contributed by atoms with Gasteiger partial charge in [0.1, 0.15) is 0 Å². The minimum absolute atomic E-state index is 0.404. The maximum Gasteiger partial charge on any atom is 0.307 e. The Bertz CT molecular complexity index is 109. The molecular weight excluding hydrogens is 148 g/mol. The molecule has 0 aromatic rings. The molecule has 11 heavy (non-hydrogen) atoms. The summed E-state index contributed by atoms with van der Waals surface area (Å²) in [7, 11) is 0. The highest BCUT2D eigenvalue weighted by Gasteiger charge is 2.38. The first-order chi connectivity index (χ1) is 4.96. The van der Waals surface area contributed by atoms with Crippen molar-refractivity contribution in [1.29, 1.82) is 0 Å². The van der Waals surface area contributed by atoms with E-state index >= 15 is 0 Å². The normalized spacial score (nSPS) is 13.1. The predicted octanol–water partition coefficient (Wildman–Crippen LogP) is 2.58. The van der Waals surface area contributed by atoms with Gasteiger partial charge in [0.05, 0.1) is 0 Å². The molecule has 1 nitrogen and oxygen atoms in total. The molecule has 0 unspecified atom stereocenters. The van der Waals surface area contributed by atoms with Crippen LogP contribution in [0.5, 0.6) is 0 Å². The fourth-order valence-corrected chi connectivity index (χ4v) is 1.01. The van der Waals surface area contributed by atoms with Gasteiger partial charge in [0.15, 0.2) is 0 Å². The van der Waals surface area contributed by atoms with Crippen molar-refractivity contribution in [3.63, 3.8) is 0 Å². The second kappa shape index (κ2) is 4.00. The zero-order chi connectivity index (χ0) is 9.07. The van der Waals surface area contributed by atoms with Gasteiger partial charge in [-0.2, -0.15) is 8.78 Å². The first-order valence-electron chi connectivity index (χ1n) is 4.09. The summed E-state index contributed by atoms with van der Waals surface area (Å²) in [6.45, 7) is 7.39. The third kappa shape index (κ3) is 2.40. The number of hydrogen-bond donors (Lipinski definition) is 0. The van der Waals surface area contributed by atoms with E-state index in [4.69, 9.17) is 0 Å². The summed E-state index contributed by atoms with van der Waals surface area (Å²) in [6.07, 6.45) is 0. The van der Waals surface area contributed by atoms with Crippen molar-refractivity contribution in [2.75, 3.05) is 13.1 Å². The largest absolute Gasteiger partial charge is 0.307 e. The summed E-state index contributed by atoms with van der Waals surface area (Å²) in [6, 6.07) is -2.65. The fraction of sp³-hybridized carbons (Fsp3) is 1.00. The van der Waals surface area contributed by atoms with Crippen molar-refractivity contribution in [1.82, 2.24) is 4.90 Å². The van der Waals surface area contributed by atoms with Crippen molar-refractivity contribution < 1.29 is 8.78 Å². The summed E-state index contributed by atoms with van der Waals surface area (Å²) in [4.78, 5) is 1.18. The smallest absolute Gasteiger partial charge is 0.245 e. The molecule has 0 radical (unpaired) electrons. The average molecular weight is 165 g/mol. The lowest BCUT2D eigenvalue weighted by Crippen LogP contribution is -2.45. The predicted molar refractivity (Wildman–Crippen MR) is 42.7 cm³/mol. The fourth-order valence-electron chi connectivity index (χ4n) is 1.01. The van der Waals surface area contributed by atoms with E-state index in [0.29, 0.717) is 13.1 Å². The molecule has 0 aliphatic heterocycles. The molecule has 0 N–H and O–H groups in total. The Morgan fingerprint density at radius 2 is 1.55 bits per heavy atom. The molecule has 0 aliphatic carbocycles. The van der Waals surface area contributed by atoms with Gasteiger partial charge in [-0.15, -0.1) is 0 Å². The van der Waals surface area contributed by atoms with Crippen LogP contribution in [0.1, 0.15) is 27.7 Å². The van der Waals surface area contributed by atoms with Crippen molar-refractivity contribution in [3.8, 4) is 0 Å². The molecule has 0 saturated carbocycles. The van der Waals surface area contributed by atoms with Crippen LogP contribution in [0, 0.1) is 5.92 Å². The minimum Gasteiger partial charge on any atom is -0.245 e. The molecule has 0 aromatic carbocycles. The Kier molecular flexibility index (Phi) is 3.93. The van der Waals surface area contributed by atoms with Gasteiger partial charge in [0.2, 0.25) is 0 Å². The zero-order valence-corrected chi connectivity index (χ0v) is 7.69. The summed E-state index contributed by atoms with van der Waals surface area (Å²) in [5.41, 5.74) is 0. The Morgan fingerprint density at radius 3 is 1.64 bits per heavy atom. The van der Waals surface area contributed by atoms with Crippen LogP contribution in [0.4, 0.5) is 8.78 Å². The standard InChI is InChI=1S/C8H17F2N/c1-5-11(6-2)8(9,10)7(3)4/h7H,5-6H2,1-4H3. The van der Waals surface area contributed by atoms with Gasteiger partial charge in [-0.05, 0) is 0 Å². The van der Waals surface area contributed by atoms with Gasteiger partial charge in [-0.1, -0.05) is 27.7 Å². The molecule has 0 heterocycles. The molecule has 0 rings (SSSR count). The zero-order valence-electron chi connectivity index (χ0n) is 7.69. The number of nitrogens with zero attached hydrogens (tertiary/aromatic N) is 1. The third-order valence-corrected chi connectivity index (χ3v) is 1.88.